The largest absolute Gasteiger partial charge is 0.354 e. The summed E-state index contributed by atoms with van der Waals surface area (Å²) in [4.78, 5) is 28.4. The van der Waals surface area contributed by atoms with Gasteiger partial charge in [0.05, 0.1) is 10.6 Å². The summed E-state index contributed by atoms with van der Waals surface area (Å²) in [7, 11) is -4.36. The summed E-state index contributed by atoms with van der Waals surface area (Å²) in [5, 5.41) is 3.53. The maximum Gasteiger partial charge on any atom is 0.264 e. The molecule has 0 heterocycles. The minimum Gasteiger partial charge on any atom is -0.354 e. The molecular weight excluding hydrogens is 576 g/mol. The summed E-state index contributed by atoms with van der Waals surface area (Å²) in [6.07, 6.45) is 0.242. The van der Waals surface area contributed by atoms with E-state index in [-0.39, 0.29) is 34.5 Å². The summed E-state index contributed by atoms with van der Waals surface area (Å²) in [6.45, 7) is 5.18. The van der Waals surface area contributed by atoms with Gasteiger partial charge in [0.1, 0.15) is 18.4 Å². The second-order valence-corrected chi connectivity index (χ2v) is 12.3. The zero-order valence-electron chi connectivity index (χ0n) is 22.5. The van der Waals surface area contributed by atoms with Crippen LogP contribution in [0.1, 0.15) is 32.8 Å². The van der Waals surface area contributed by atoms with Crippen LogP contribution < -0.4 is 9.62 Å². The Morgan fingerprint density at radius 2 is 1.62 bits per heavy atom. The van der Waals surface area contributed by atoms with E-state index < -0.39 is 40.2 Å². The molecular formula is C29H32Cl2FN3O4S. The van der Waals surface area contributed by atoms with Crippen LogP contribution in [0.15, 0.2) is 77.7 Å². The molecule has 11 heteroatoms. The number of anilines is 1. The lowest BCUT2D eigenvalue weighted by Crippen LogP contribution is -2.52. The van der Waals surface area contributed by atoms with E-state index in [2.05, 4.69) is 5.32 Å². The van der Waals surface area contributed by atoms with Gasteiger partial charge in [-0.15, -0.1) is 0 Å². The van der Waals surface area contributed by atoms with E-state index in [4.69, 9.17) is 23.2 Å². The molecule has 0 saturated heterocycles. The lowest BCUT2D eigenvalue weighted by Gasteiger charge is -2.33. The number of halogens is 3. The van der Waals surface area contributed by atoms with E-state index >= 15 is 0 Å². The number of benzene rings is 3. The van der Waals surface area contributed by atoms with Gasteiger partial charge in [-0.25, -0.2) is 12.8 Å². The fourth-order valence-corrected chi connectivity index (χ4v) is 5.97. The molecule has 0 radical (unpaired) electrons. The number of hydrogen-bond acceptors (Lipinski definition) is 4. The van der Waals surface area contributed by atoms with Crippen LogP contribution in [-0.2, 0) is 26.2 Å². The van der Waals surface area contributed by atoms with Crippen molar-refractivity contribution in [3.05, 3.63) is 94.2 Å². The first-order chi connectivity index (χ1) is 18.9. The van der Waals surface area contributed by atoms with Gasteiger partial charge >= 0.3 is 0 Å². The predicted molar refractivity (Wildman–Crippen MR) is 156 cm³/mol. The number of hydrogen-bond donors (Lipinski definition) is 1. The van der Waals surface area contributed by atoms with E-state index in [0.717, 1.165) is 10.4 Å². The number of rotatable bonds is 12. The molecule has 0 spiro atoms. The SMILES string of the molecule is CC[C@H](C(=O)NCC(C)C)N(Cc1ccc(Cl)cc1Cl)C(=O)CN(c1ccccc1F)S(=O)(=O)c1ccccc1. The smallest absolute Gasteiger partial charge is 0.264 e. The Bertz CT molecular complexity index is 1440. The van der Waals surface area contributed by atoms with Crippen molar-refractivity contribution in [2.75, 3.05) is 17.4 Å². The number of para-hydroxylation sites is 1. The fourth-order valence-electron chi connectivity index (χ4n) is 4.06. The highest BCUT2D eigenvalue weighted by atomic mass is 35.5. The topological polar surface area (TPSA) is 86.8 Å². The lowest BCUT2D eigenvalue weighted by molar-refractivity contribution is -0.140. The summed E-state index contributed by atoms with van der Waals surface area (Å²) >= 11 is 12.5. The van der Waals surface area contributed by atoms with Crippen molar-refractivity contribution in [1.29, 1.82) is 0 Å². The first-order valence-corrected chi connectivity index (χ1v) is 15.0. The number of nitrogens with one attached hydrogen (secondary N) is 1. The Balaban J connectivity index is 2.07. The zero-order valence-corrected chi connectivity index (χ0v) is 24.8. The van der Waals surface area contributed by atoms with Crippen LogP contribution in [0.3, 0.4) is 0 Å². The molecule has 0 aliphatic heterocycles. The van der Waals surface area contributed by atoms with Crippen molar-refractivity contribution in [3.8, 4) is 0 Å². The third-order valence-corrected chi connectivity index (χ3v) is 8.52. The van der Waals surface area contributed by atoms with E-state index in [1.807, 2.05) is 13.8 Å². The normalized spacial score (nSPS) is 12.2. The van der Waals surface area contributed by atoms with Crippen molar-refractivity contribution >= 4 is 50.7 Å². The molecule has 0 bridgehead atoms. The van der Waals surface area contributed by atoms with Gasteiger partial charge in [-0.2, -0.15) is 0 Å². The van der Waals surface area contributed by atoms with Gasteiger partial charge in [0, 0.05) is 23.1 Å². The minimum absolute atomic E-state index is 0.0983. The van der Waals surface area contributed by atoms with Gasteiger partial charge in [0.25, 0.3) is 10.0 Å². The standard InChI is InChI=1S/C29H32Cl2FN3O4S/c1-4-26(29(37)33-17-20(2)3)34(18-21-14-15-22(30)16-24(21)31)28(36)19-35(27-13-9-8-12-25(27)32)40(38,39)23-10-6-5-7-11-23/h5-16,20,26H,4,17-19H2,1-3H3,(H,33,37)/t26-/m1/s1. The molecule has 1 N–H and O–H groups in total. The number of amides is 2. The van der Waals surface area contributed by atoms with Gasteiger partial charge < -0.3 is 10.2 Å². The quantitative estimate of drug-likeness (QED) is 0.277. The molecule has 3 aromatic rings. The first-order valence-electron chi connectivity index (χ1n) is 12.8. The Hall–Kier alpha value is -3.14. The van der Waals surface area contributed by atoms with Crippen molar-refractivity contribution in [3.63, 3.8) is 0 Å². The second kappa shape index (κ2) is 14.0. The Morgan fingerprint density at radius 1 is 0.975 bits per heavy atom. The van der Waals surface area contributed by atoms with Crippen LogP contribution in [0.2, 0.25) is 10.0 Å². The molecule has 1 atom stereocenters. The molecule has 7 nitrogen and oxygen atoms in total. The average molecular weight is 609 g/mol. The van der Waals surface area contributed by atoms with Crippen LogP contribution in [0, 0.1) is 11.7 Å². The second-order valence-electron chi connectivity index (χ2n) is 9.60. The summed E-state index contributed by atoms with van der Waals surface area (Å²) in [5.74, 6) is -1.74. The van der Waals surface area contributed by atoms with Crippen LogP contribution in [-0.4, -0.2) is 44.3 Å². The highest BCUT2D eigenvalue weighted by molar-refractivity contribution is 7.92. The number of nitrogens with zero attached hydrogens (tertiary/aromatic N) is 2. The van der Waals surface area contributed by atoms with E-state index in [1.54, 1.807) is 25.1 Å². The maximum atomic E-state index is 15.0. The first kappa shape index (κ1) is 31.4. The van der Waals surface area contributed by atoms with Gasteiger partial charge in [-0.05, 0) is 54.3 Å². The molecule has 3 aromatic carbocycles. The molecule has 3 rings (SSSR count). The van der Waals surface area contributed by atoms with E-state index in [0.29, 0.717) is 17.1 Å². The minimum atomic E-state index is -4.36. The number of carbonyl (C=O) groups is 2. The summed E-state index contributed by atoms with van der Waals surface area (Å²) in [5.41, 5.74) is 0.222. The van der Waals surface area contributed by atoms with Crippen LogP contribution in [0.25, 0.3) is 0 Å². The summed E-state index contributed by atoms with van der Waals surface area (Å²) in [6, 6.07) is 16.6. The van der Waals surface area contributed by atoms with Crippen molar-refractivity contribution in [1.82, 2.24) is 10.2 Å². The Labute approximate surface area is 244 Å². The number of sulfonamides is 1. The monoisotopic (exact) mass is 607 g/mol. The third kappa shape index (κ3) is 7.74. The highest BCUT2D eigenvalue weighted by Crippen LogP contribution is 2.28. The van der Waals surface area contributed by atoms with Crippen LogP contribution in [0.5, 0.6) is 0 Å². The molecule has 0 fully saturated rings. The lowest BCUT2D eigenvalue weighted by atomic mass is 10.1. The van der Waals surface area contributed by atoms with Gasteiger partial charge in [-0.3, -0.25) is 13.9 Å². The summed E-state index contributed by atoms with van der Waals surface area (Å²) < 4.78 is 43.1. The van der Waals surface area contributed by atoms with E-state index in [9.17, 15) is 22.4 Å². The van der Waals surface area contributed by atoms with Crippen molar-refractivity contribution in [2.24, 2.45) is 5.92 Å². The van der Waals surface area contributed by atoms with Gasteiger partial charge in [-0.1, -0.05) is 80.4 Å². The highest BCUT2D eigenvalue weighted by Gasteiger charge is 2.34. The molecule has 0 saturated carbocycles. The molecule has 0 aliphatic rings. The average Bonchev–Trinajstić information content (AvgIpc) is 2.92. The fraction of sp³-hybridized carbons (Fsp3) is 0.310. The van der Waals surface area contributed by atoms with Crippen LogP contribution in [0.4, 0.5) is 10.1 Å². The Morgan fingerprint density at radius 3 is 2.23 bits per heavy atom. The molecule has 0 aromatic heterocycles. The molecule has 214 valence electrons. The van der Waals surface area contributed by atoms with Gasteiger partial charge in [0.15, 0.2) is 0 Å². The third-order valence-electron chi connectivity index (χ3n) is 6.16. The van der Waals surface area contributed by atoms with Gasteiger partial charge in [0.2, 0.25) is 11.8 Å². The number of carbonyl (C=O) groups excluding carboxylic acids is 2. The molecule has 0 unspecified atom stereocenters. The zero-order chi connectivity index (χ0) is 29.4. The predicted octanol–water partition coefficient (Wildman–Crippen LogP) is 5.91. The van der Waals surface area contributed by atoms with Crippen LogP contribution >= 0.6 is 23.2 Å². The van der Waals surface area contributed by atoms with Crippen molar-refractivity contribution in [2.45, 2.75) is 44.7 Å². The molecule has 40 heavy (non-hydrogen) atoms. The maximum absolute atomic E-state index is 15.0. The molecule has 2 amide bonds. The van der Waals surface area contributed by atoms with Crippen molar-refractivity contribution < 1.29 is 22.4 Å². The van der Waals surface area contributed by atoms with E-state index in [1.165, 1.54) is 53.4 Å². The molecule has 0 aliphatic carbocycles. The Kier molecular flexibility index (Phi) is 11.0.